The molecule has 5 atom stereocenters. The largest absolute Gasteiger partial charge is 0.392 e. The normalized spacial score (nSPS) is 19.9. The zero-order valence-electron chi connectivity index (χ0n) is 24.6. The molecule has 10 nitrogen and oxygen atoms in total. The molecule has 43 heavy (non-hydrogen) atoms. The van der Waals surface area contributed by atoms with Gasteiger partial charge in [-0.05, 0) is 49.2 Å². The molecule has 3 aromatic carbocycles. The highest BCUT2D eigenvalue weighted by molar-refractivity contribution is 5.91. The Balaban J connectivity index is 1.48. The molecule has 1 aliphatic rings. The van der Waals surface area contributed by atoms with Crippen LogP contribution >= 0.6 is 0 Å². The first-order valence-electron chi connectivity index (χ1n) is 14.5. The van der Waals surface area contributed by atoms with Crippen LogP contribution in [0.1, 0.15) is 73.4 Å². The van der Waals surface area contributed by atoms with E-state index in [4.69, 9.17) is 14.7 Å². The molecule has 0 radical (unpaired) electrons. The molecule has 0 unspecified atom stereocenters. The van der Waals surface area contributed by atoms with E-state index >= 15 is 0 Å². The highest BCUT2D eigenvalue weighted by Crippen LogP contribution is 2.39. The van der Waals surface area contributed by atoms with E-state index in [1.54, 1.807) is 11.5 Å². The second-order valence-electron chi connectivity index (χ2n) is 10.9. The topological polar surface area (TPSA) is 141 Å². The summed E-state index contributed by atoms with van der Waals surface area (Å²) in [5.41, 5.74) is 5.50. The molecule has 3 aromatic rings. The maximum absolute atomic E-state index is 12.4. The molecule has 0 aliphatic carbocycles. The predicted molar refractivity (Wildman–Crippen MR) is 161 cm³/mol. The number of hydrogen-bond donors (Lipinski definition) is 5. The van der Waals surface area contributed by atoms with Crippen molar-refractivity contribution in [2.45, 2.75) is 69.9 Å². The van der Waals surface area contributed by atoms with E-state index in [1.807, 2.05) is 86.8 Å². The molecular weight excluding hydrogens is 550 g/mol. The fourth-order valence-corrected chi connectivity index (χ4v) is 5.14. The molecule has 10 heteroatoms. The molecule has 1 saturated heterocycles. The zero-order chi connectivity index (χ0) is 30.8. The van der Waals surface area contributed by atoms with Gasteiger partial charge in [0.1, 0.15) is 0 Å². The molecule has 0 bridgehead atoms. The number of hydroxylamine groups is 1. The summed E-state index contributed by atoms with van der Waals surface area (Å²) in [6.07, 6.45) is -0.826. The zero-order valence-corrected chi connectivity index (χ0v) is 24.6. The number of ether oxygens (including phenoxy) is 2. The third-order valence-electron chi connectivity index (χ3n) is 7.77. The number of aliphatic hydroxyl groups excluding tert-OH is 2. The van der Waals surface area contributed by atoms with E-state index < -0.39 is 18.3 Å². The van der Waals surface area contributed by atoms with Crippen molar-refractivity contribution in [2.24, 2.45) is 0 Å². The number of aliphatic hydroxyl groups is 2. The molecular formula is C33H41N3O7. The van der Waals surface area contributed by atoms with Gasteiger partial charge >= 0.3 is 0 Å². The molecule has 1 heterocycles. The van der Waals surface area contributed by atoms with Gasteiger partial charge in [-0.3, -0.25) is 19.7 Å². The lowest BCUT2D eigenvalue weighted by Gasteiger charge is -2.39. The van der Waals surface area contributed by atoms with Crippen LogP contribution in [-0.2, 0) is 25.7 Å². The number of benzene rings is 3. The van der Waals surface area contributed by atoms with Gasteiger partial charge in [-0.15, -0.1) is 0 Å². The van der Waals surface area contributed by atoms with E-state index in [0.29, 0.717) is 25.1 Å². The van der Waals surface area contributed by atoms with Crippen molar-refractivity contribution in [2.75, 3.05) is 18.9 Å². The van der Waals surface area contributed by atoms with Crippen LogP contribution in [0.4, 0.5) is 5.69 Å². The number of nitrogens with zero attached hydrogens (tertiary/aromatic N) is 1. The third-order valence-corrected chi connectivity index (χ3v) is 7.77. The first-order chi connectivity index (χ1) is 20.8. The van der Waals surface area contributed by atoms with E-state index in [9.17, 15) is 19.8 Å². The molecule has 0 aromatic heterocycles. The molecule has 2 amide bonds. The summed E-state index contributed by atoms with van der Waals surface area (Å²) >= 11 is 0. The summed E-state index contributed by atoms with van der Waals surface area (Å²) in [4.78, 5) is 25.7. The average Bonchev–Trinajstić information content (AvgIpc) is 3.04. The Kier molecular flexibility index (Phi) is 11.8. The molecule has 1 fully saturated rings. The van der Waals surface area contributed by atoms with E-state index in [1.165, 1.54) is 0 Å². The van der Waals surface area contributed by atoms with Crippen LogP contribution in [0.25, 0.3) is 0 Å². The Labute approximate surface area is 252 Å². The third kappa shape index (κ3) is 9.17. The summed E-state index contributed by atoms with van der Waals surface area (Å²) in [5, 5.41) is 32.0. The van der Waals surface area contributed by atoms with Gasteiger partial charge in [-0.1, -0.05) is 66.7 Å². The van der Waals surface area contributed by atoms with Crippen molar-refractivity contribution in [3.63, 3.8) is 0 Å². The summed E-state index contributed by atoms with van der Waals surface area (Å²) in [6, 6.07) is 24.4. The van der Waals surface area contributed by atoms with Crippen molar-refractivity contribution >= 4 is 17.5 Å². The van der Waals surface area contributed by atoms with Gasteiger partial charge < -0.3 is 25.0 Å². The lowest BCUT2D eigenvalue weighted by Crippen LogP contribution is -2.43. The number of likely N-dealkylation sites (N-methyl/N-ethyl adjacent to an activating group) is 1. The highest BCUT2D eigenvalue weighted by Gasteiger charge is 2.34. The standard InChI is InChI=1S/C33H41N3O7/c1-22(32(40)25-8-4-3-5-9-25)36(2)20-28-19-29(24-16-14-23(21-37)15-17-24)43-33(42-28)26-10-6-11-27(18-26)34-30(38)12-7-13-31(39)35-41/h3-6,8-11,14-18,22,28-29,32-33,37,40-41H,7,12-13,19-21H2,1-2H3,(H,34,38)(H,35,39)/t22-,28+,29-,32-,33-/m1/s1. The number of carbonyl (C=O) groups excluding carboxylic acids is 2. The van der Waals surface area contributed by atoms with Crippen LogP contribution in [0, 0.1) is 0 Å². The van der Waals surface area contributed by atoms with Crippen LogP contribution in [0.3, 0.4) is 0 Å². The Morgan fingerprint density at radius 1 is 0.953 bits per heavy atom. The van der Waals surface area contributed by atoms with Gasteiger partial charge in [0, 0.05) is 43.1 Å². The summed E-state index contributed by atoms with van der Waals surface area (Å²) in [7, 11) is 1.97. The van der Waals surface area contributed by atoms with Crippen molar-refractivity contribution in [1.82, 2.24) is 10.4 Å². The molecule has 230 valence electrons. The number of rotatable bonds is 13. The summed E-state index contributed by atoms with van der Waals surface area (Å²) in [5.74, 6) is -0.785. The van der Waals surface area contributed by atoms with Crippen LogP contribution < -0.4 is 10.8 Å². The first kappa shape index (κ1) is 32.3. The fraction of sp³-hybridized carbons (Fsp3) is 0.394. The van der Waals surface area contributed by atoms with E-state index in [0.717, 1.165) is 22.3 Å². The predicted octanol–water partition coefficient (Wildman–Crippen LogP) is 4.39. The highest BCUT2D eigenvalue weighted by atomic mass is 16.7. The minimum absolute atomic E-state index is 0.0419. The van der Waals surface area contributed by atoms with Crippen molar-refractivity contribution in [3.8, 4) is 0 Å². The maximum atomic E-state index is 12.4. The number of hydrogen-bond acceptors (Lipinski definition) is 8. The van der Waals surface area contributed by atoms with Gasteiger partial charge in [0.15, 0.2) is 6.29 Å². The molecule has 0 spiro atoms. The smallest absolute Gasteiger partial charge is 0.243 e. The summed E-state index contributed by atoms with van der Waals surface area (Å²) in [6.45, 7) is 2.50. The summed E-state index contributed by atoms with van der Waals surface area (Å²) < 4.78 is 12.9. The van der Waals surface area contributed by atoms with Gasteiger partial charge in [0.25, 0.3) is 0 Å². The number of anilines is 1. The van der Waals surface area contributed by atoms with Gasteiger partial charge in [0.05, 0.1) is 24.9 Å². The second-order valence-corrected chi connectivity index (χ2v) is 10.9. The SMILES string of the molecule is C[C@H]([C@@H](O)c1ccccc1)N(C)C[C@@H]1C[C@H](c2ccc(CO)cc2)O[C@H](c2cccc(NC(=O)CCCC(=O)NO)c2)O1. The van der Waals surface area contributed by atoms with Crippen molar-refractivity contribution < 1.29 is 34.5 Å². The molecule has 0 saturated carbocycles. The Morgan fingerprint density at radius 3 is 2.37 bits per heavy atom. The Hall–Kier alpha value is -3.64. The van der Waals surface area contributed by atoms with Gasteiger partial charge in [-0.2, -0.15) is 0 Å². The second kappa shape index (κ2) is 15.7. The quantitative estimate of drug-likeness (QED) is 0.146. The Morgan fingerprint density at radius 2 is 1.67 bits per heavy atom. The lowest BCUT2D eigenvalue weighted by molar-refractivity contribution is -0.253. The molecule has 5 N–H and O–H groups in total. The minimum Gasteiger partial charge on any atom is -0.392 e. The average molecular weight is 592 g/mol. The van der Waals surface area contributed by atoms with Crippen LogP contribution in [-0.4, -0.2) is 57.9 Å². The molecule has 4 rings (SSSR count). The number of amides is 2. The van der Waals surface area contributed by atoms with Crippen LogP contribution in [0.15, 0.2) is 78.9 Å². The van der Waals surface area contributed by atoms with E-state index in [2.05, 4.69) is 10.2 Å². The van der Waals surface area contributed by atoms with Crippen LogP contribution in [0.2, 0.25) is 0 Å². The lowest BCUT2D eigenvalue weighted by atomic mass is 9.98. The van der Waals surface area contributed by atoms with Crippen molar-refractivity contribution in [3.05, 3.63) is 101 Å². The fourth-order valence-electron chi connectivity index (χ4n) is 5.14. The first-order valence-corrected chi connectivity index (χ1v) is 14.5. The maximum Gasteiger partial charge on any atom is 0.243 e. The van der Waals surface area contributed by atoms with Crippen LogP contribution in [0.5, 0.6) is 0 Å². The van der Waals surface area contributed by atoms with E-state index in [-0.39, 0.29) is 43.6 Å². The van der Waals surface area contributed by atoms with Crippen molar-refractivity contribution in [1.29, 1.82) is 0 Å². The molecule has 1 aliphatic heterocycles. The monoisotopic (exact) mass is 591 g/mol. The van der Waals surface area contributed by atoms with Gasteiger partial charge in [0.2, 0.25) is 11.8 Å². The minimum atomic E-state index is -0.714. The number of nitrogens with one attached hydrogen (secondary N) is 2. The Bertz CT molecular complexity index is 1320. The number of carbonyl (C=O) groups is 2. The van der Waals surface area contributed by atoms with Gasteiger partial charge in [-0.25, -0.2) is 5.48 Å².